The van der Waals surface area contributed by atoms with Gasteiger partial charge in [0.25, 0.3) is 5.78 Å². The number of hydrogen-bond donors (Lipinski definition) is 0. The van der Waals surface area contributed by atoms with Gasteiger partial charge in [0.2, 0.25) is 0 Å². The molecule has 30 heavy (non-hydrogen) atoms. The zero-order valence-corrected chi connectivity index (χ0v) is 16.7. The Morgan fingerprint density at radius 2 is 1.70 bits per heavy atom. The van der Waals surface area contributed by atoms with Crippen molar-refractivity contribution in [1.29, 1.82) is 0 Å². The van der Waals surface area contributed by atoms with Gasteiger partial charge < -0.3 is 9.47 Å². The Kier molecular flexibility index (Phi) is 5.50. The Balaban J connectivity index is 1.48. The number of benzene rings is 1. The highest BCUT2D eigenvalue weighted by Crippen LogP contribution is 2.34. The van der Waals surface area contributed by atoms with Gasteiger partial charge in [-0.25, -0.2) is 4.98 Å². The molecule has 0 aliphatic carbocycles. The third-order valence-electron chi connectivity index (χ3n) is 5.39. The van der Waals surface area contributed by atoms with Gasteiger partial charge in [-0.15, -0.1) is 0 Å². The predicted molar refractivity (Wildman–Crippen MR) is 103 cm³/mol. The molecule has 3 heterocycles. The lowest BCUT2D eigenvalue weighted by atomic mass is 9.92. The zero-order chi connectivity index (χ0) is 21.3. The van der Waals surface area contributed by atoms with E-state index in [0.29, 0.717) is 12.2 Å². The monoisotopic (exact) mass is 421 g/mol. The van der Waals surface area contributed by atoms with Crippen molar-refractivity contribution in [3.63, 3.8) is 0 Å². The third-order valence-corrected chi connectivity index (χ3v) is 5.39. The van der Waals surface area contributed by atoms with Crippen LogP contribution in [0.5, 0.6) is 11.5 Å². The summed E-state index contributed by atoms with van der Waals surface area (Å²) in [5.74, 6) is 1.38. The molecule has 0 spiro atoms. The topological polar surface area (TPSA) is 64.8 Å². The van der Waals surface area contributed by atoms with E-state index in [1.165, 1.54) is 0 Å². The van der Waals surface area contributed by atoms with E-state index in [9.17, 15) is 13.2 Å². The van der Waals surface area contributed by atoms with Crippen molar-refractivity contribution in [2.45, 2.75) is 31.5 Å². The molecule has 0 unspecified atom stereocenters. The van der Waals surface area contributed by atoms with Crippen LogP contribution in [0.2, 0.25) is 0 Å². The highest BCUT2D eigenvalue weighted by atomic mass is 19.4. The minimum atomic E-state index is -4.52. The van der Waals surface area contributed by atoms with E-state index in [1.54, 1.807) is 14.2 Å². The van der Waals surface area contributed by atoms with Crippen molar-refractivity contribution < 1.29 is 22.6 Å². The average molecular weight is 421 g/mol. The second-order valence-corrected chi connectivity index (χ2v) is 7.31. The summed E-state index contributed by atoms with van der Waals surface area (Å²) in [5.41, 5.74) is 0.642. The van der Waals surface area contributed by atoms with Crippen LogP contribution in [0.4, 0.5) is 13.2 Å². The van der Waals surface area contributed by atoms with Gasteiger partial charge >= 0.3 is 6.18 Å². The molecule has 4 rings (SSSR count). The summed E-state index contributed by atoms with van der Waals surface area (Å²) in [6, 6.07) is 6.85. The molecule has 0 atom stereocenters. The molecule has 160 valence electrons. The molecule has 0 N–H and O–H groups in total. The zero-order valence-electron chi connectivity index (χ0n) is 16.7. The van der Waals surface area contributed by atoms with Crippen molar-refractivity contribution in [2.75, 3.05) is 27.3 Å². The molecule has 3 aromatic rings. The second kappa shape index (κ2) is 8.10. The van der Waals surface area contributed by atoms with Crippen LogP contribution < -0.4 is 9.47 Å². The Hall–Kier alpha value is -2.88. The molecule has 1 aliphatic rings. The number of methoxy groups -OCH3 is 2. The quantitative estimate of drug-likeness (QED) is 0.628. The first-order chi connectivity index (χ1) is 14.4. The molecule has 0 saturated carbocycles. The van der Waals surface area contributed by atoms with Crippen LogP contribution >= 0.6 is 0 Å². The molecule has 7 nitrogen and oxygen atoms in total. The highest BCUT2D eigenvalue weighted by Gasteiger charge is 2.36. The van der Waals surface area contributed by atoms with Crippen LogP contribution in [-0.4, -0.2) is 51.8 Å². The van der Waals surface area contributed by atoms with E-state index >= 15 is 0 Å². The predicted octanol–water partition coefficient (Wildman–Crippen LogP) is 3.54. The molecule has 1 saturated heterocycles. The first-order valence-electron chi connectivity index (χ1n) is 9.59. The van der Waals surface area contributed by atoms with Crippen LogP contribution in [0, 0.1) is 0 Å². The van der Waals surface area contributed by atoms with E-state index in [0.717, 1.165) is 59.9 Å². The van der Waals surface area contributed by atoms with Gasteiger partial charge in [0, 0.05) is 24.2 Å². The van der Waals surface area contributed by atoms with Crippen molar-refractivity contribution in [2.24, 2.45) is 0 Å². The van der Waals surface area contributed by atoms with Crippen LogP contribution in [0.15, 0.2) is 30.6 Å². The van der Waals surface area contributed by atoms with E-state index < -0.39 is 11.9 Å². The number of rotatable bonds is 5. The first kappa shape index (κ1) is 20.4. The molecule has 0 radical (unpaired) electrons. The number of piperidine rings is 1. The van der Waals surface area contributed by atoms with Crippen molar-refractivity contribution in [3.05, 3.63) is 47.5 Å². The van der Waals surface area contributed by atoms with Crippen LogP contribution in [0.1, 0.15) is 35.7 Å². The van der Waals surface area contributed by atoms with E-state index in [1.807, 2.05) is 18.2 Å². The smallest absolute Gasteiger partial charge is 0.433 e. The SMILES string of the molecule is COc1cc(CN2CCC(c3cc(C(F)(F)F)n4ncnc4n3)CC2)cc(OC)c1. The fourth-order valence-electron chi connectivity index (χ4n) is 3.84. The Morgan fingerprint density at radius 3 is 2.30 bits per heavy atom. The van der Waals surface area contributed by atoms with Gasteiger partial charge in [-0.2, -0.15) is 27.8 Å². The Labute approximate surface area is 171 Å². The number of hydrogen-bond acceptors (Lipinski definition) is 6. The van der Waals surface area contributed by atoms with Crippen LogP contribution in [0.25, 0.3) is 5.78 Å². The Bertz CT molecular complexity index is 1010. The minimum Gasteiger partial charge on any atom is -0.497 e. The first-order valence-corrected chi connectivity index (χ1v) is 9.59. The van der Waals surface area contributed by atoms with Crippen LogP contribution in [0.3, 0.4) is 0 Å². The molecule has 2 aromatic heterocycles. The lowest BCUT2D eigenvalue weighted by Crippen LogP contribution is -2.33. The largest absolute Gasteiger partial charge is 0.497 e. The lowest BCUT2D eigenvalue weighted by Gasteiger charge is -2.32. The number of halogens is 3. The van der Waals surface area contributed by atoms with Gasteiger partial charge in [0.15, 0.2) is 5.69 Å². The normalized spacial score (nSPS) is 16.2. The number of fused-ring (bicyclic) bond motifs is 1. The maximum Gasteiger partial charge on any atom is 0.433 e. The Morgan fingerprint density at radius 1 is 1.03 bits per heavy atom. The summed E-state index contributed by atoms with van der Waals surface area (Å²) >= 11 is 0. The van der Waals surface area contributed by atoms with Crippen molar-refractivity contribution in [1.82, 2.24) is 24.5 Å². The lowest BCUT2D eigenvalue weighted by molar-refractivity contribution is -0.142. The molecule has 0 bridgehead atoms. The average Bonchev–Trinajstić information content (AvgIpc) is 3.21. The summed E-state index contributed by atoms with van der Waals surface area (Å²) in [6.45, 7) is 2.22. The summed E-state index contributed by atoms with van der Waals surface area (Å²) in [4.78, 5) is 10.5. The molecular weight excluding hydrogens is 399 g/mol. The molecule has 1 fully saturated rings. The molecular formula is C20H22F3N5O2. The van der Waals surface area contributed by atoms with Gasteiger partial charge in [0.05, 0.1) is 14.2 Å². The van der Waals surface area contributed by atoms with E-state index in [2.05, 4.69) is 20.0 Å². The summed E-state index contributed by atoms with van der Waals surface area (Å²) < 4.78 is 51.7. The maximum absolute atomic E-state index is 13.4. The molecule has 1 aliphatic heterocycles. The number of alkyl halides is 3. The van der Waals surface area contributed by atoms with Gasteiger partial charge in [-0.05, 0) is 49.7 Å². The fourth-order valence-corrected chi connectivity index (χ4v) is 3.84. The van der Waals surface area contributed by atoms with Gasteiger partial charge in [-0.3, -0.25) is 4.90 Å². The number of aromatic nitrogens is 4. The number of likely N-dealkylation sites (tertiary alicyclic amines) is 1. The summed E-state index contributed by atoms with van der Waals surface area (Å²) in [7, 11) is 3.22. The minimum absolute atomic E-state index is 0.0225. The van der Waals surface area contributed by atoms with Crippen molar-refractivity contribution >= 4 is 5.78 Å². The maximum atomic E-state index is 13.4. The molecule has 0 amide bonds. The van der Waals surface area contributed by atoms with Crippen molar-refractivity contribution in [3.8, 4) is 11.5 Å². The number of nitrogens with zero attached hydrogens (tertiary/aromatic N) is 5. The molecule has 10 heteroatoms. The van der Waals surface area contributed by atoms with Crippen LogP contribution in [-0.2, 0) is 12.7 Å². The number of ether oxygens (including phenoxy) is 2. The summed E-state index contributed by atoms with van der Waals surface area (Å²) in [5, 5.41) is 3.65. The second-order valence-electron chi connectivity index (χ2n) is 7.31. The third kappa shape index (κ3) is 4.18. The van der Waals surface area contributed by atoms with E-state index in [4.69, 9.17) is 9.47 Å². The molecule has 1 aromatic carbocycles. The fraction of sp³-hybridized carbons (Fsp3) is 0.450. The standard InChI is InChI=1S/C20H22F3N5O2/c1-29-15-7-13(8-16(9-15)30-2)11-27-5-3-14(4-6-27)17-10-18(20(21,22)23)28-19(26-17)24-12-25-28/h7-10,12,14H,3-6,11H2,1-2H3. The summed E-state index contributed by atoms with van der Waals surface area (Å²) in [6.07, 6.45) is -1.99. The van der Waals surface area contributed by atoms with Gasteiger partial charge in [0.1, 0.15) is 17.8 Å². The van der Waals surface area contributed by atoms with E-state index in [-0.39, 0.29) is 11.7 Å². The van der Waals surface area contributed by atoms with Gasteiger partial charge in [-0.1, -0.05) is 0 Å². The highest BCUT2D eigenvalue weighted by molar-refractivity contribution is 5.38.